The number of carbonyl (C=O) groups is 1. The SMILES string of the molecule is Cc1ccc(CC(C)(C)NCCC(OC[C@@H](C)O)OC(C)c2ccccc2-c2ccc(C(=O)O)c(CC(C)C)c2)cc1F. The molecule has 0 aliphatic rings. The first-order chi connectivity index (χ1) is 20.3. The number of ether oxygens (including phenoxy) is 2. The van der Waals surface area contributed by atoms with Crippen molar-refractivity contribution >= 4 is 5.97 Å². The Labute approximate surface area is 256 Å². The second-order valence-electron chi connectivity index (χ2n) is 12.6. The highest BCUT2D eigenvalue weighted by molar-refractivity contribution is 5.90. The Bertz CT molecular complexity index is 1350. The summed E-state index contributed by atoms with van der Waals surface area (Å²) in [4.78, 5) is 11.9. The van der Waals surface area contributed by atoms with Gasteiger partial charge < -0.3 is 25.0 Å². The molecule has 0 aromatic heterocycles. The maximum atomic E-state index is 14.1. The summed E-state index contributed by atoms with van der Waals surface area (Å²) < 4.78 is 26.5. The molecule has 0 bridgehead atoms. The predicted molar refractivity (Wildman–Crippen MR) is 170 cm³/mol. The zero-order valence-corrected chi connectivity index (χ0v) is 26.6. The molecular formula is C36H48FNO5. The van der Waals surface area contributed by atoms with E-state index in [1.54, 1.807) is 32.0 Å². The minimum absolute atomic E-state index is 0.139. The second-order valence-corrected chi connectivity index (χ2v) is 12.6. The van der Waals surface area contributed by atoms with Gasteiger partial charge in [-0.3, -0.25) is 0 Å². The molecule has 3 aromatic rings. The number of aliphatic hydroxyl groups excluding tert-OH is 1. The third-order valence-electron chi connectivity index (χ3n) is 7.42. The number of rotatable bonds is 16. The van der Waals surface area contributed by atoms with Crippen LogP contribution in [0.3, 0.4) is 0 Å². The van der Waals surface area contributed by atoms with E-state index in [-0.39, 0.29) is 24.1 Å². The fourth-order valence-corrected chi connectivity index (χ4v) is 5.28. The van der Waals surface area contributed by atoms with Gasteiger partial charge in [0, 0.05) is 18.5 Å². The summed E-state index contributed by atoms with van der Waals surface area (Å²) in [6.45, 7) is 14.5. The molecule has 3 aromatic carbocycles. The van der Waals surface area contributed by atoms with Crippen LogP contribution in [-0.4, -0.2) is 47.3 Å². The van der Waals surface area contributed by atoms with Gasteiger partial charge in [0.2, 0.25) is 0 Å². The van der Waals surface area contributed by atoms with Gasteiger partial charge >= 0.3 is 5.97 Å². The zero-order chi connectivity index (χ0) is 31.7. The number of halogens is 1. The van der Waals surface area contributed by atoms with Crippen molar-refractivity contribution in [2.45, 2.75) is 91.8 Å². The van der Waals surface area contributed by atoms with Crippen LogP contribution in [0.1, 0.15) is 86.7 Å². The van der Waals surface area contributed by atoms with Crippen LogP contribution in [0, 0.1) is 18.7 Å². The Kier molecular flexibility index (Phi) is 12.5. The number of nitrogens with one attached hydrogen (secondary N) is 1. The third kappa shape index (κ3) is 10.5. The summed E-state index contributed by atoms with van der Waals surface area (Å²) in [5.41, 5.74) is 5.27. The normalized spacial score (nSPS) is 14.1. The van der Waals surface area contributed by atoms with E-state index < -0.39 is 18.4 Å². The topological polar surface area (TPSA) is 88.0 Å². The van der Waals surface area contributed by atoms with Crippen LogP contribution in [-0.2, 0) is 22.3 Å². The average molecular weight is 594 g/mol. The molecule has 3 atom stereocenters. The molecule has 234 valence electrons. The van der Waals surface area contributed by atoms with Crippen molar-refractivity contribution in [1.82, 2.24) is 5.32 Å². The molecule has 2 unspecified atom stereocenters. The quantitative estimate of drug-likeness (QED) is 0.149. The van der Waals surface area contributed by atoms with Gasteiger partial charge in [-0.1, -0.05) is 62.4 Å². The number of aryl methyl sites for hydroxylation is 1. The lowest BCUT2D eigenvalue weighted by atomic mass is 9.91. The first-order valence-electron chi connectivity index (χ1n) is 15.2. The smallest absolute Gasteiger partial charge is 0.335 e. The molecule has 3 N–H and O–H groups in total. The van der Waals surface area contributed by atoms with Crippen LogP contribution >= 0.6 is 0 Å². The molecule has 0 saturated heterocycles. The molecule has 0 saturated carbocycles. The van der Waals surface area contributed by atoms with Crippen molar-refractivity contribution in [3.8, 4) is 11.1 Å². The van der Waals surface area contributed by atoms with E-state index >= 15 is 0 Å². The highest BCUT2D eigenvalue weighted by Gasteiger charge is 2.23. The van der Waals surface area contributed by atoms with Gasteiger partial charge in [-0.2, -0.15) is 0 Å². The number of hydrogen-bond acceptors (Lipinski definition) is 5. The van der Waals surface area contributed by atoms with Crippen molar-refractivity contribution in [2.75, 3.05) is 13.2 Å². The van der Waals surface area contributed by atoms with Gasteiger partial charge in [0.05, 0.1) is 24.4 Å². The molecule has 0 heterocycles. The number of benzene rings is 3. The molecule has 0 aliphatic carbocycles. The minimum Gasteiger partial charge on any atom is -0.478 e. The van der Waals surface area contributed by atoms with Crippen molar-refractivity contribution in [3.05, 3.63) is 94.3 Å². The van der Waals surface area contributed by atoms with E-state index in [1.807, 2.05) is 49.4 Å². The molecule has 0 spiro atoms. The predicted octanol–water partition coefficient (Wildman–Crippen LogP) is 7.50. The first kappa shape index (κ1) is 34.4. The van der Waals surface area contributed by atoms with Crippen LogP contribution < -0.4 is 5.32 Å². The van der Waals surface area contributed by atoms with Crippen LogP contribution in [0.2, 0.25) is 0 Å². The largest absolute Gasteiger partial charge is 0.478 e. The molecule has 7 heteroatoms. The summed E-state index contributed by atoms with van der Waals surface area (Å²) in [7, 11) is 0. The molecule has 43 heavy (non-hydrogen) atoms. The van der Waals surface area contributed by atoms with Gasteiger partial charge in [0.25, 0.3) is 0 Å². The lowest BCUT2D eigenvalue weighted by molar-refractivity contribution is -0.181. The third-order valence-corrected chi connectivity index (χ3v) is 7.42. The number of aromatic carboxylic acids is 1. The molecule has 6 nitrogen and oxygen atoms in total. The van der Waals surface area contributed by atoms with Crippen molar-refractivity contribution in [1.29, 1.82) is 0 Å². The maximum absolute atomic E-state index is 14.1. The van der Waals surface area contributed by atoms with E-state index in [4.69, 9.17) is 9.47 Å². The van der Waals surface area contributed by atoms with Gasteiger partial charge in [0.15, 0.2) is 6.29 Å². The Morgan fingerprint density at radius 2 is 1.74 bits per heavy atom. The van der Waals surface area contributed by atoms with E-state index in [1.165, 1.54) is 0 Å². The van der Waals surface area contributed by atoms with Crippen molar-refractivity contribution in [2.24, 2.45) is 5.92 Å². The fourth-order valence-electron chi connectivity index (χ4n) is 5.28. The van der Waals surface area contributed by atoms with Gasteiger partial charge in [-0.25, -0.2) is 9.18 Å². The Morgan fingerprint density at radius 1 is 1.02 bits per heavy atom. The summed E-state index contributed by atoms with van der Waals surface area (Å²) in [6, 6.07) is 18.8. The highest BCUT2D eigenvalue weighted by Crippen LogP contribution is 2.33. The lowest BCUT2D eigenvalue weighted by Gasteiger charge is -2.29. The molecule has 3 rings (SSSR count). The van der Waals surface area contributed by atoms with Gasteiger partial charge in [-0.15, -0.1) is 0 Å². The monoisotopic (exact) mass is 593 g/mol. The van der Waals surface area contributed by atoms with Crippen molar-refractivity contribution in [3.63, 3.8) is 0 Å². The lowest BCUT2D eigenvalue weighted by Crippen LogP contribution is -2.43. The first-order valence-corrected chi connectivity index (χ1v) is 15.2. The van der Waals surface area contributed by atoms with E-state index in [0.29, 0.717) is 42.9 Å². The standard InChI is InChI=1S/C36H48FNO5/c1-23(2)18-29-20-28(14-15-32(29)35(40)41)31-11-9-8-10-30(31)26(5)43-34(42-22-25(4)39)16-17-38-36(6,7)21-27-13-12-24(3)33(37)19-27/h8-15,19-20,23,25-26,34,38-39H,16-18,21-22H2,1-7H3,(H,40,41)/t25-,26?,34?/m1/s1. The van der Waals surface area contributed by atoms with Gasteiger partial charge in [-0.05, 0) is 98.9 Å². The zero-order valence-electron chi connectivity index (χ0n) is 26.6. The summed E-state index contributed by atoms with van der Waals surface area (Å²) >= 11 is 0. The maximum Gasteiger partial charge on any atom is 0.335 e. The van der Waals surface area contributed by atoms with Gasteiger partial charge in [0.1, 0.15) is 5.82 Å². The van der Waals surface area contributed by atoms with Crippen LogP contribution in [0.5, 0.6) is 0 Å². The highest BCUT2D eigenvalue weighted by atomic mass is 19.1. The average Bonchev–Trinajstić information content (AvgIpc) is 2.92. The van der Waals surface area contributed by atoms with Crippen molar-refractivity contribution < 1.29 is 28.9 Å². The van der Waals surface area contributed by atoms with Crippen LogP contribution in [0.25, 0.3) is 11.1 Å². The summed E-state index contributed by atoms with van der Waals surface area (Å²) in [6.07, 6.45) is 0.308. The van der Waals surface area contributed by atoms with Crippen LogP contribution in [0.4, 0.5) is 4.39 Å². The van der Waals surface area contributed by atoms with E-state index in [9.17, 15) is 19.4 Å². The Hall–Kier alpha value is -3.10. The number of hydrogen-bond donors (Lipinski definition) is 3. The molecular weight excluding hydrogens is 545 g/mol. The minimum atomic E-state index is -0.923. The Balaban J connectivity index is 1.75. The van der Waals surface area contributed by atoms with E-state index in [2.05, 4.69) is 33.0 Å². The second kappa shape index (κ2) is 15.6. The number of carboxylic acids is 1. The van der Waals surface area contributed by atoms with E-state index in [0.717, 1.165) is 27.8 Å². The fraction of sp³-hybridized carbons (Fsp3) is 0.472. The number of carboxylic acid groups (broad SMARTS) is 1. The Morgan fingerprint density at radius 3 is 2.40 bits per heavy atom. The summed E-state index contributed by atoms with van der Waals surface area (Å²) in [5.74, 6) is -0.807. The molecule has 0 aliphatic heterocycles. The number of aliphatic hydroxyl groups is 1. The summed E-state index contributed by atoms with van der Waals surface area (Å²) in [5, 5.41) is 23.2. The molecule has 0 fully saturated rings. The van der Waals surface area contributed by atoms with Crippen LogP contribution in [0.15, 0.2) is 60.7 Å². The molecule has 0 radical (unpaired) electrons. The molecule has 0 amide bonds.